The maximum atomic E-state index is 12.5. The lowest BCUT2D eigenvalue weighted by molar-refractivity contribution is -0.144. The minimum absolute atomic E-state index is 0.138. The number of hydrogen-bond donors (Lipinski definition) is 2. The summed E-state index contributed by atoms with van der Waals surface area (Å²) in [4.78, 5) is 24.6. The summed E-state index contributed by atoms with van der Waals surface area (Å²) in [6, 6.07) is 3.77. The van der Waals surface area contributed by atoms with E-state index in [1.807, 2.05) is 60.6 Å². The summed E-state index contributed by atoms with van der Waals surface area (Å²) in [5, 5.41) is 10.6. The van der Waals surface area contributed by atoms with Crippen LogP contribution in [-0.2, 0) is 30.6 Å². The van der Waals surface area contributed by atoms with Crippen LogP contribution in [0.3, 0.4) is 0 Å². The Labute approximate surface area is 175 Å². The van der Waals surface area contributed by atoms with Crippen molar-refractivity contribution in [3.63, 3.8) is 0 Å². The summed E-state index contributed by atoms with van der Waals surface area (Å²) in [6.45, 7) is 16.3. The highest BCUT2D eigenvalue weighted by molar-refractivity contribution is 7.96. The molecule has 1 aromatic rings. The Balaban J connectivity index is 3.50. The van der Waals surface area contributed by atoms with Crippen LogP contribution in [0.15, 0.2) is 12.1 Å². The minimum atomic E-state index is -0.956. The maximum Gasteiger partial charge on any atom is 0.305 e. The van der Waals surface area contributed by atoms with E-state index in [1.165, 1.54) is 0 Å². The molecule has 0 amide bonds. The third-order valence-corrected chi connectivity index (χ3v) is 5.62. The molecular formula is C23H36O4S. The number of ether oxygens (including phenoxy) is 1. The van der Waals surface area contributed by atoms with Crippen molar-refractivity contribution in [1.82, 2.24) is 0 Å². The Morgan fingerprint density at radius 3 is 1.82 bits per heavy atom. The number of carbonyl (C=O) groups excluding carboxylic acids is 2. The van der Waals surface area contributed by atoms with E-state index in [4.69, 9.17) is 4.74 Å². The van der Waals surface area contributed by atoms with Gasteiger partial charge in [0.15, 0.2) is 5.12 Å². The fraction of sp³-hybridized carbons (Fsp3) is 0.652. The van der Waals surface area contributed by atoms with Gasteiger partial charge in [-0.15, -0.1) is 12.6 Å². The normalized spacial score (nSPS) is 14.5. The van der Waals surface area contributed by atoms with E-state index >= 15 is 0 Å². The Bertz CT molecular complexity index is 690. The Hall–Kier alpha value is -1.49. The van der Waals surface area contributed by atoms with Crippen LogP contribution in [0.5, 0.6) is 5.75 Å². The number of aromatic hydroxyl groups is 1. The smallest absolute Gasteiger partial charge is 0.305 e. The van der Waals surface area contributed by atoms with Crippen LogP contribution in [0.4, 0.5) is 0 Å². The zero-order chi connectivity index (χ0) is 21.9. The number of rotatable bonds is 7. The molecule has 0 heterocycles. The fourth-order valence-corrected chi connectivity index (χ4v) is 3.35. The first-order valence-corrected chi connectivity index (χ1v) is 10.4. The molecule has 0 aliphatic rings. The maximum absolute atomic E-state index is 12.5. The quantitative estimate of drug-likeness (QED) is 0.466. The van der Waals surface area contributed by atoms with Crippen LogP contribution >= 0.6 is 12.6 Å². The summed E-state index contributed by atoms with van der Waals surface area (Å²) < 4.78 is 5.16. The summed E-state index contributed by atoms with van der Waals surface area (Å²) >= 11 is 4.15. The lowest BCUT2D eigenvalue weighted by atomic mass is 9.72. The molecule has 0 fully saturated rings. The van der Waals surface area contributed by atoms with Gasteiger partial charge in [0.25, 0.3) is 0 Å². The van der Waals surface area contributed by atoms with Crippen LogP contribution in [-0.4, -0.2) is 22.8 Å². The van der Waals surface area contributed by atoms with Gasteiger partial charge in [-0.1, -0.05) is 60.6 Å². The van der Waals surface area contributed by atoms with Gasteiger partial charge < -0.3 is 9.84 Å². The second kappa shape index (κ2) is 8.89. The van der Waals surface area contributed by atoms with Crippen molar-refractivity contribution < 1.29 is 19.4 Å². The number of benzene rings is 1. The lowest BCUT2D eigenvalue weighted by Crippen LogP contribution is -2.32. The Morgan fingerprint density at radius 1 is 1.00 bits per heavy atom. The highest BCUT2D eigenvalue weighted by Gasteiger charge is 2.37. The number of carbonyl (C=O) groups is 2. The molecule has 4 nitrogen and oxygen atoms in total. The molecule has 0 spiro atoms. The van der Waals surface area contributed by atoms with Gasteiger partial charge >= 0.3 is 5.97 Å². The highest BCUT2D eigenvalue weighted by atomic mass is 32.1. The van der Waals surface area contributed by atoms with Crippen LogP contribution in [0, 0.1) is 0 Å². The Morgan fingerprint density at radius 2 is 1.46 bits per heavy atom. The zero-order valence-corrected chi connectivity index (χ0v) is 19.5. The molecule has 1 N–H and O–H groups in total. The first-order chi connectivity index (χ1) is 12.6. The molecule has 28 heavy (non-hydrogen) atoms. The molecule has 0 bridgehead atoms. The first kappa shape index (κ1) is 24.5. The van der Waals surface area contributed by atoms with Gasteiger partial charge in [0, 0.05) is 6.42 Å². The van der Waals surface area contributed by atoms with Crippen LogP contribution in [0.1, 0.15) is 91.3 Å². The van der Waals surface area contributed by atoms with Crippen LogP contribution in [0.2, 0.25) is 0 Å². The van der Waals surface area contributed by atoms with Gasteiger partial charge in [-0.2, -0.15) is 0 Å². The van der Waals surface area contributed by atoms with Gasteiger partial charge in [-0.25, -0.2) is 0 Å². The third kappa shape index (κ3) is 5.76. The number of hydrogen-bond acceptors (Lipinski definition) is 4. The largest absolute Gasteiger partial charge is 0.507 e. The molecule has 5 heteroatoms. The molecular weight excluding hydrogens is 372 g/mol. The second-order valence-corrected chi connectivity index (χ2v) is 10.2. The van der Waals surface area contributed by atoms with Gasteiger partial charge in [0.1, 0.15) is 5.75 Å². The van der Waals surface area contributed by atoms with Gasteiger partial charge in [-0.3, -0.25) is 9.59 Å². The van der Waals surface area contributed by atoms with E-state index in [1.54, 1.807) is 6.92 Å². The molecule has 0 saturated heterocycles. The van der Waals surface area contributed by atoms with Crippen molar-refractivity contribution in [3.8, 4) is 5.75 Å². The van der Waals surface area contributed by atoms with Crippen LogP contribution in [0.25, 0.3) is 0 Å². The monoisotopic (exact) mass is 408 g/mol. The van der Waals surface area contributed by atoms with Crippen molar-refractivity contribution in [2.75, 3.05) is 6.61 Å². The molecule has 0 saturated carbocycles. The SMILES string of the molecule is CCCOC(=O)CCC(C)(C(=O)S)c1cc(C(C)(C)C)c(O)c(C(C)(C)C)c1. The van der Waals surface area contributed by atoms with E-state index in [0.717, 1.165) is 23.1 Å². The third-order valence-electron chi connectivity index (χ3n) is 5.13. The molecule has 158 valence electrons. The topological polar surface area (TPSA) is 63.6 Å². The average Bonchev–Trinajstić information content (AvgIpc) is 2.55. The summed E-state index contributed by atoms with van der Waals surface area (Å²) in [5.74, 6) is -0.0476. The molecule has 1 unspecified atom stereocenters. The molecule has 1 aromatic carbocycles. The molecule has 0 aromatic heterocycles. The standard InChI is InChI=1S/C23H36O4S/c1-9-12-27-18(24)10-11-23(8,20(26)28)15-13-16(21(2,3)4)19(25)17(14-15)22(5,6)7/h13-14,25H,9-12H2,1-8H3,(H,26,28). The average molecular weight is 409 g/mol. The highest BCUT2D eigenvalue weighted by Crippen LogP contribution is 2.43. The predicted octanol–water partition coefficient (Wildman–Crippen LogP) is 5.43. The zero-order valence-electron chi connectivity index (χ0n) is 18.6. The molecule has 0 aliphatic heterocycles. The minimum Gasteiger partial charge on any atom is -0.507 e. The van der Waals surface area contributed by atoms with Crippen molar-refractivity contribution >= 4 is 23.7 Å². The van der Waals surface area contributed by atoms with E-state index in [9.17, 15) is 14.7 Å². The van der Waals surface area contributed by atoms with Crippen LogP contribution < -0.4 is 0 Å². The lowest BCUT2D eigenvalue weighted by Gasteiger charge is -2.33. The van der Waals surface area contributed by atoms with Gasteiger partial charge in [0.05, 0.1) is 12.0 Å². The summed E-state index contributed by atoms with van der Waals surface area (Å²) in [6.07, 6.45) is 1.20. The number of phenols is 1. The van der Waals surface area contributed by atoms with E-state index in [-0.39, 0.29) is 34.1 Å². The number of esters is 1. The Kier molecular flexibility index (Phi) is 7.80. The first-order valence-electron chi connectivity index (χ1n) is 9.92. The fourth-order valence-electron chi connectivity index (χ4n) is 3.11. The predicted molar refractivity (Wildman–Crippen MR) is 117 cm³/mol. The van der Waals surface area contributed by atoms with E-state index < -0.39 is 5.41 Å². The molecule has 1 atom stereocenters. The molecule has 0 aliphatic carbocycles. The van der Waals surface area contributed by atoms with Crippen molar-refractivity contribution in [1.29, 1.82) is 0 Å². The summed E-state index contributed by atoms with van der Waals surface area (Å²) in [7, 11) is 0. The molecule has 0 radical (unpaired) electrons. The van der Waals surface area contributed by atoms with Gasteiger partial charge in [0.2, 0.25) is 0 Å². The van der Waals surface area contributed by atoms with E-state index in [0.29, 0.717) is 13.0 Å². The van der Waals surface area contributed by atoms with E-state index in [2.05, 4.69) is 12.6 Å². The number of phenolic OH excluding ortho intramolecular Hbond substituents is 1. The molecule has 1 rings (SSSR count). The van der Waals surface area contributed by atoms with Gasteiger partial charge in [-0.05, 0) is 47.3 Å². The summed E-state index contributed by atoms with van der Waals surface area (Å²) in [5.41, 5.74) is 0.765. The second-order valence-electron chi connectivity index (χ2n) is 9.78. The van der Waals surface area contributed by atoms with Crippen molar-refractivity contribution in [2.24, 2.45) is 0 Å². The van der Waals surface area contributed by atoms with Crippen molar-refractivity contribution in [2.45, 2.75) is 90.9 Å². The number of thiol groups is 1. The van der Waals surface area contributed by atoms with Crippen molar-refractivity contribution in [3.05, 3.63) is 28.8 Å².